The van der Waals surface area contributed by atoms with E-state index in [2.05, 4.69) is 33.5 Å². The number of hydrogen-bond acceptors (Lipinski definition) is 6. The van der Waals surface area contributed by atoms with Crippen LogP contribution in [0.25, 0.3) is 10.2 Å². The zero-order chi connectivity index (χ0) is 21.2. The number of aromatic nitrogens is 2. The summed E-state index contributed by atoms with van der Waals surface area (Å²) in [6.45, 7) is 1.96. The molecule has 0 radical (unpaired) electrons. The second-order valence-corrected chi connectivity index (χ2v) is 10.4. The molecule has 0 saturated heterocycles. The van der Waals surface area contributed by atoms with Crippen LogP contribution in [-0.2, 0) is 4.79 Å². The van der Waals surface area contributed by atoms with Gasteiger partial charge in [0.05, 0.1) is 15.9 Å². The molecule has 0 bridgehead atoms. The van der Waals surface area contributed by atoms with Crippen molar-refractivity contribution >= 4 is 56.7 Å². The summed E-state index contributed by atoms with van der Waals surface area (Å²) in [6.07, 6.45) is 9.52. The largest absolute Gasteiger partial charge is 0.324 e. The molecule has 0 saturated carbocycles. The molecule has 0 aliphatic heterocycles. The van der Waals surface area contributed by atoms with Crippen LogP contribution >= 0.6 is 34.9 Å². The van der Waals surface area contributed by atoms with Crippen LogP contribution in [0.1, 0.15) is 50.6 Å². The van der Waals surface area contributed by atoms with E-state index >= 15 is 0 Å². The van der Waals surface area contributed by atoms with Crippen molar-refractivity contribution in [3.63, 3.8) is 0 Å². The molecule has 0 spiro atoms. The number of fused-ring (bicyclic) bond motifs is 1. The highest BCUT2D eigenvalue weighted by molar-refractivity contribution is 8.01. The lowest BCUT2D eigenvalue weighted by molar-refractivity contribution is -0.116. The molecule has 160 valence electrons. The van der Waals surface area contributed by atoms with Crippen molar-refractivity contribution < 1.29 is 4.79 Å². The van der Waals surface area contributed by atoms with Crippen molar-refractivity contribution in [3.05, 3.63) is 42.1 Å². The number of para-hydroxylation sites is 1. The molecule has 4 nitrogen and oxygen atoms in total. The lowest BCUT2D eigenvalue weighted by Gasteiger charge is -2.09. The summed E-state index contributed by atoms with van der Waals surface area (Å²) in [6, 6.07) is 12.2. The van der Waals surface area contributed by atoms with Crippen LogP contribution in [0.2, 0.25) is 0 Å². The molecule has 3 rings (SSSR count). The van der Waals surface area contributed by atoms with Crippen molar-refractivity contribution in [1.29, 1.82) is 0 Å². The molecule has 30 heavy (non-hydrogen) atoms. The van der Waals surface area contributed by atoms with Gasteiger partial charge in [-0.2, -0.15) is 0 Å². The summed E-state index contributed by atoms with van der Waals surface area (Å²) in [5.41, 5.74) is 2.90. The Labute approximate surface area is 191 Å². The van der Waals surface area contributed by atoms with Crippen molar-refractivity contribution in [3.8, 4) is 0 Å². The van der Waals surface area contributed by atoms with Crippen LogP contribution in [0.15, 0.2) is 45.8 Å². The Morgan fingerprint density at radius 3 is 2.57 bits per heavy atom. The van der Waals surface area contributed by atoms with Crippen LogP contribution in [0, 0.1) is 6.92 Å². The van der Waals surface area contributed by atoms with Gasteiger partial charge in [0.1, 0.15) is 5.03 Å². The molecule has 0 aliphatic rings. The highest BCUT2D eigenvalue weighted by Crippen LogP contribution is 2.30. The van der Waals surface area contributed by atoms with Crippen molar-refractivity contribution in [2.45, 2.75) is 61.2 Å². The number of nitrogens with one attached hydrogen (secondary N) is 1. The molecule has 0 unspecified atom stereocenters. The van der Waals surface area contributed by atoms with Crippen LogP contribution in [0.3, 0.4) is 0 Å². The first-order valence-electron chi connectivity index (χ1n) is 10.5. The predicted octanol–water partition coefficient (Wildman–Crippen LogP) is 7.18. The Morgan fingerprint density at radius 1 is 1.00 bits per heavy atom. The molecule has 2 heterocycles. The SMILES string of the molecule is CSc1nc(C)ccc1NC(=O)CCCCCCCCSc1nc2ccccc2s1. The number of pyridine rings is 1. The van der Waals surface area contributed by atoms with E-state index in [-0.39, 0.29) is 5.91 Å². The fourth-order valence-corrected chi connectivity index (χ4v) is 5.88. The fourth-order valence-electron chi connectivity index (χ4n) is 3.16. The monoisotopic (exact) mass is 459 g/mol. The van der Waals surface area contributed by atoms with E-state index in [0.29, 0.717) is 6.42 Å². The van der Waals surface area contributed by atoms with Gasteiger partial charge in [0.25, 0.3) is 0 Å². The highest BCUT2D eigenvalue weighted by Gasteiger charge is 2.08. The van der Waals surface area contributed by atoms with E-state index in [1.807, 2.05) is 43.1 Å². The number of benzene rings is 1. The Morgan fingerprint density at radius 2 is 1.77 bits per heavy atom. The number of unbranched alkanes of at least 4 members (excludes halogenated alkanes) is 5. The lowest BCUT2D eigenvalue weighted by Crippen LogP contribution is -2.12. The summed E-state index contributed by atoms with van der Waals surface area (Å²) >= 11 is 5.22. The zero-order valence-electron chi connectivity index (χ0n) is 17.6. The van der Waals surface area contributed by atoms with Crippen LogP contribution < -0.4 is 5.32 Å². The Hall–Kier alpha value is -1.57. The standard InChI is InChI=1S/C23H29N3OS3/c1-17-14-15-19(22(24-17)28-2)25-21(27)13-7-5-3-4-6-10-16-29-23-26-18-11-8-9-12-20(18)30-23/h8-9,11-12,14-15H,3-7,10,13,16H2,1-2H3,(H,25,27). The molecule has 1 aromatic carbocycles. The van der Waals surface area contributed by atoms with Gasteiger partial charge in [-0.1, -0.05) is 49.6 Å². The average Bonchev–Trinajstić information content (AvgIpc) is 3.16. The molecule has 0 atom stereocenters. The van der Waals surface area contributed by atoms with Gasteiger partial charge in [-0.15, -0.1) is 23.1 Å². The van der Waals surface area contributed by atoms with Gasteiger partial charge in [0, 0.05) is 17.9 Å². The maximum Gasteiger partial charge on any atom is 0.224 e. The van der Waals surface area contributed by atoms with E-state index in [4.69, 9.17) is 0 Å². The first-order valence-corrected chi connectivity index (χ1v) is 13.5. The lowest BCUT2D eigenvalue weighted by atomic mass is 10.1. The second-order valence-electron chi connectivity index (χ2n) is 7.22. The van der Waals surface area contributed by atoms with Crippen LogP contribution in [-0.4, -0.2) is 27.9 Å². The molecule has 7 heteroatoms. The Kier molecular flexibility index (Phi) is 9.49. The van der Waals surface area contributed by atoms with Crippen LogP contribution in [0.4, 0.5) is 5.69 Å². The number of hydrogen-bond donors (Lipinski definition) is 1. The van der Waals surface area contributed by atoms with E-state index in [1.165, 1.54) is 34.7 Å². The van der Waals surface area contributed by atoms with Crippen LogP contribution in [0.5, 0.6) is 0 Å². The molecule has 1 amide bonds. The van der Waals surface area contributed by atoms with E-state index < -0.39 is 0 Å². The first-order chi connectivity index (χ1) is 14.7. The maximum atomic E-state index is 12.2. The first kappa shape index (κ1) is 23.1. The fraction of sp³-hybridized carbons (Fsp3) is 0.435. The summed E-state index contributed by atoms with van der Waals surface area (Å²) in [5, 5.41) is 3.88. The maximum absolute atomic E-state index is 12.2. The highest BCUT2D eigenvalue weighted by atomic mass is 32.2. The van der Waals surface area contributed by atoms with Crippen molar-refractivity contribution in [1.82, 2.24) is 9.97 Å². The number of thiazole rings is 1. The van der Waals surface area contributed by atoms with Gasteiger partial charge in [-0.25, -0.2) is 9.97 Å². The van der Waals surface area contributed by atoms with Gasteiger partial charge in [-0.3, -0.25) is 4.79 Å². The zero-order valence-corrected chi connectivity index (χ0v) is 20.1. The van der Waals surface area contributed by atoms with E-state index in [1.54, 1.807) is 23.1 Å². The summed E-state index contributed by atoms with van der Waals surface area (Å²) in [4.78, 5) is 21.3. The quantitative estimate of drug-likeness (QED) is 0.229. The van der Waals surface area contributed by atoms with Gasteiger partial charge in [0.2, 0.25) is 5.91 Å². The van der Waals surface area contributed by atoms with Crippen molar-refractivity contribution in [2.75, 3.05) is 17.3 Å². The topological polar surface area (TPSA) is 54.9 Å². The second kappa shape index (κ2) is 12.3. The third-order valence-corrected chi connectivity index (χ3v) is 7.73. The average molecular weight is 460 g/mol. The van der Waals surface area contributed by atoms with Gasteiger partial charge < -0.3 is 5.32 Å². The van der Waals surface area contributed by atoms with Crippen molar-refractivity contribution in [2.24, 2.45) is 0 Å². The minimum atomic E-state index is 0.0863. The molecule has 1 N–H and O–H groups in total. The Bertz CT molecular complexity index is 925. The van der Waals surface area contributed by atoms with E-state index in [0.717, 1.165) is 40.5 Å². The molecular formula is C23H29N3OS3. The smallest absolute Gasteiger partial charge is 0.224 e. The molecule has 2 aromatic heterocycles. The normalized spacial score (nSPS) is 11.1. The number of thioether (sulfide) groups is 2. The number of anilines is 1. The minimum Gasteiger partial charge on any atom is -0.324 e. The predicted molar refractivity (Wildman–Crippen MR) is 132 cm³/mol. The number of rotatable bonds is 12. The number of carbonyl (C=O) groups excluding carboxylic acids is 1. The Balaban J connectivity index is 1.22. The molecule has 0 aliphatic carbocycles. The molecule has 3 aromatic rings. The molecular weight excluding hydrogens is 430 g/mol. The molecule has 0 fully saturated rings. The third kappa shape index (κ3) is 7.29. The number of aryl methyl sites for hydroxylation is 1. The summed E-state index contributed by atoms with van der Waals surface area (Å²) < 4.78 is 2.45. The van der Waals surface area contributed by atoms with Gasteiger partial charge in [0.15, 0.2) is 4.34 Å². The summed E-state index contributed by atoms with van der Waals surface area (Å²) in [5.74, 6) is 1.22. The number of amides is 1. The van der Waals surface area contributed by atoms with Gasteiger partial charge >= 0.3 is 0 Å². The van der Waals surface area contributed by atoms with Gasteiger partial charge in [-0.05, 0) is 50.3 Å². The van der Waals surface area contributed by atoms with E-state index in [9.17, 15) is 4.79 Å². The minimum absolute atomic E-state index is 0.0863. The summed E-state index contributed by atoms with van der Waals surface area (Å²) in [7, 11) is 0. The number of carbonyl (C=O) groups is 1. The number of nitrogens with zero attached hydrogens (tertiary/aromatic N) is 2. The third-order valence-electron chi connectivity index (χ3n) is 4.76.